The Hall–Kier alpha value is -4.11. The van der Waals surface area contributed by atoms with Gasteiger partial charge in [-0.2, -0.15) is 0 Å². The summed E-state index contributed by atoms with van der Waals surface area (Å²) in [6.07, 6.45) is 1.60. The van der Waals surface area contributed by atoms with Crippen LogP contribution in [0.15, 0.2) is 84.6 Å². The van der Waals surface area contributed by atoms with Crippen molar-refractivity contribution in [1.29, 1.82) is 0 Å². The van der Waals surface area contributed by atoms with Crippen LogP contribution in [0.3, 0.4) is 0 Å². The van der Waals surface area contributed by atoms with Gasteiger partial charge >= 0.3 is 5.63 Å². The van der Waals surface area contributed by atoms with Gasteiger partial charge in [0, 0.05) is 11.1 Å². The molecular formula is C26H19FN2O5S. The highest BCUT2D eigenvalue weighted by Crippen LogP contribution is 2.37. The average Bonchev–Trinajstić information content (AvgIpc) is 2.85. The lowest BCUT2D eigenvalue weighted by Gasteiger charge is -2.14. The highest BCUT2D eigenvalue weighted by Gasteiger charge is 2.23. The molecule has 7 nitrogen and oxygen atoms in total. The molecule has 0 radical (unpaired) electrons. The molecule has 5 aromatic rings. The highest BCUT2D eigenvalue weighted by molar-refractivity contribution is 7.99. The lowest BCUT2D eigenvalue weighted by atomic mass is 10.1. The molecule has 9 heteroatoms. The quantitative estimate of drug-likeness (QED) is 0.352. The van der Waals surface area contributed by atoms with Crippen molar-refractivity contribution in [2.75, 3.05) is 7.11 Å². The lowest BCUT2D eigenvalue weighted by molar-refractivity contribution is 0.413. The predicted octanol–water partition coefficient (Wildman–Crippen LogP) is 4.86. The van der Waals surface area contributed by atoms with Crippen molar-refractivity contribution in [1.82, 2.24) is 9.55 Å². The van der Waals surface area contributed by atoms with E-state index in [0.717, 1.165) is 17.3 Å². The van der Waals surface area contributed by atoms with Crippen LogP contribution in [0.2, 0.25) is 0 Å². The number of halogens is 1. The Morgan fingerprint density at radius 1 is 1.14 bits per heavy atom. The van der Waals surface area contributed by atoms with Gasteiger partial charge in [-0.1, -0.05) is 30.0 Å². The molecule has 0 fully saturated rings. The molecule has 3 heterocycles. The third-order valence-electron chi connectivity index (χ3n) is 5.54. The molecule has 0 aliphatic rings. The van der Waals surface area contributed by atoms with Gasteiger partial charge in [0.25, 0.3) is 5.56 Å². The van der Waals surface area contributed by atoms with E-state index in [4.69, 9.17) is 9.15 Å². The molecule has 3 aromatic heterocycles. The van der Waals surface area contributed by atoms with Crippen LogP contribution in [0.25, 0.3) is 22.0 Å². The van der Waals surface area contributed by atoms with E-state index in [1.807, 2.05) is 6.92 Å². The molecule has 0 unspecified atom stereocenters. The molecule has 0 saturated carbocycles. The van der Waals surface area contributed by atoms with E-state index in [2.05, 4.69) is 4.98 Å². The van der Waals surface area contributed by atoms with Gasteiger partial charge < -0.3 is 14.3 Å². The van der Waals surface area contributed by atoms with Crippen LogP contribution in [-0.2, 0) is 6.54 Å². The standard InChI is InChI=1S/C26H19FN2O5S/c1-14-10-19-22-20(21(30)23(26(32)34-22)35-18-5-3-4-17(11-18)33-2)25(31)29(24(19)28-12-14)13-15-6-8-16(27)9-7-15/h3-12,30H,13H2,1-2H3. The topological polar surface area (TPSA) is 94.6 Å². The minimum Gasteiger partial charge on any atom is -0.505 e. The van der Waals surface area contributed by atoms with Crippen LogP contribution in [0, 0.1) is 12.7 Å². The minimum absolute atomic E-state index is 0.0333. The number of aromatic hydroxyl groups is 1. The second kappa shape index (κ2) is 8.92. The van der Waals surface area contributed by atoms with E-state index in [-0.39, 0.29) is 28.1 Å². The SMILES string of the molecule is COc1cccc(Sc2c(O)c3c(=O)n(Cc4ccc(F)cc4)c4ncc(C)cc4c3oc2=O)c1. The molecule has 2 aromatic carbocycles. The zero-order chi connectivity index (χ0) is 24.7. The number of aryl methyl sites for hydroxylation is 1. The van der Waals surface area contributed by atoms with Gasteiger partial charge in [0.2, 0.25) is 0 Å². The van der Waals surface area contributed by atoms with Crippen molar-refractivity contribution in [3.8, 4) is 11.5 Å². The van der Waals surface area contributed by atoms with Gasteiger partial charge in [0.05, 0.1) is 19.0 Å². The molecule has 1 N–H and O–H groups in total. The molecule has 0 atom stereocenters. The third-order valence-corrected chi connectivity index (χ3v) is 6.59. The molecule has 5 rings (SSSR count). The van der Waals surface area contributed by atoms with Gasteiger partial charge in [-0.25, -0.2) is 14.2 Å². The maximum atomic E-state index is 13.6. The second-order valence-corrected chi connectivity index (χ2v) is 9.04. The van der Waals surface area contributed by atoms with E-state index < -0.39 is 22.8 Å². The number of ether oxygens (including phenoxy) is 1. The van der Waals surface area contributed by atoms with Crippen molar-refractivity contribution in [3.05, 3.63) is 98.5 Å². The van der Waals surface area contributed by atoms with Crippen molar-refractivity contribution in [2.24, 2.45) is 0 Å². The summed E-state index contributed by atoms with van der Waals surface area (Å²) in [6, 6.07) is 14.4. The summed E-state index contributed by atoms with van der Waals surface area (Å²) in [7, 11) is 1.52. The van der Waals surface area contributed by atoms with Crippen molar-refractivity contribution >= 4 is 33.8 Å². The van der Waals surface area contributed by atoms with Gasteiger partial charge in [-0.3, -0.25) is 9.36 Å². The van der Waals surface area contributed by atoms with Crippen molar-refractivity contribution < 1.29 is 18.7 Å². The molecule has 0 aliphatic heterocycles. The van der Waals surface area contributed by atoms with E-state index in [1.165, 1.54) is 23.8 Å². The summed E-state index contributed by atoms with van der Waals surface area (Å²) in [5.74, 6) is -0.281. The van der Waals surface area contributed by atoms with Crippen LogP contribution < -0.4 is 15.9 Å². The fourth-order valence-corrected chi connectivity index (χ4v) is 4.74. The van der Waals surface area contributed by atoms with Gasteiger partial charge in [-0.15, -0.1) is 0 Å². The van der Waals surface area contributed by atoms with Gasteiger partial charge in [0.1, 0.15) is 27.5 Å². The largest absolute Gasteiger partial charge is 0.505 e. The number of hydrogen-bond acceptors (Lipinski definition) is 7. The van der Waals surface area contributed by atoms with Crippen LogP contribution in [-0.4, -0.2) is 21.8 Å². The Morgan fingerprint density at radius 2 is 1.91 bits per heavy atom. The molecule has 35 heavy (non-hydrogen) atoms. The number of benzene rings is 2. The maximum absolute atomic E-state index is 13.6. The number of fused-ring (bicyclic) bond motifs is 3. The number of methoxy groups -OCH3 is 1. The fraction of sp³-hybridized carbons (Fsp3) is 0.115. The summed E-state index contributed by atoms with van der Waals surface area (Å²) < 4.78 is 25.6. The minimum atomic E-state index is -0.777. The number of nitrogens with zero attached hydrogens (tertiary/aromatic N) is 2. The number of rotatable bonds is 5. The number of pyridine rings is 2. The van der Waals surface area contributed by atoms with E-state index in [9.17, 15) is 19.1 Å². The van der Waals surface area contributed by atoms with E-state index >= 15 is 0 Å². The second-order valence-electron chi connectivity index (χ2n) is 7.95. The molecule has 0 bridgehead atoms. The van der Waals surface area contributed by atoms with Crippen molar-refractivity contribution in [3.63, 3.8) is 0 Å². The first-order chi connectivity index (χ1) is 16.9. The summed E-state index contributed by atoms with van der Waals surface area (Å²) >= 11 is 0.972. The fourth-order valence-electron chi connectivity index (χ4n) is 3.86. The summed E-state index contributed by atoms with van der Waals surface area (Å²) in [5.41, 5.74) is 0.340. The Kier molecular flexibility index (Phi) is 5.78. The van der Waals surface area contributed by atoms with Crippen LogP contribution in [0.4, 0.5) is 4.39 Å². The monoisotopic (exact) mass is 490 g/mol. The van der Waals surface area contributed by atoms with Gasteiger partial charge in [-0.05, 0) is 54.4 Å². The molecule has 0 amide bonds. The molecule has 0 spiro atoms. The van der Waals surface area contributed by atoms with Crippen LogP contribution >= 0.6 is 11.8 Å². The third kappa shape index (κ3) is 4.15. The zero-order valence-electron chi connectivity index (χ0n) is 18.7. The molecule has 176 valence electrons. The Balaban J connectivity index is 1.77. The smallest absolute Gasteiger partial charge is 0.354 e. The summed E-state index contributed by atoms with van der Waals surface area (Å²) in [6.45, 7) is 1.90. The summed E-state index contributed by atoms with van der Waals surface area (Å²) in [4.78, 5) is 31.5. The summed E-state index contributed by atoms with van der Waals surface area (Å²) in [5, 5.41) is 11.4. The first-order valence-corrected chi connectivity index (χ1v) is 11.4. The number of aromatic nitrogens is 2. The van der Waals surface area contributed by atoms with E-state index in [1.54, 1.807) is 48.7 Å². The highest BCUT2D eigenvalue weighted by atomic mass is 32.2. The zero-order valence-corrected chi connectivity index (χ0v) is 19.6. The normalized spacial score (nSPS) is 11.3. The van der Waals surface area contributed by atoms with Crippen LogP contribution in [0.1, 0.15) is 11.1 Å². The maximum Gasteiger partial charge on any atom is 0.354 e. The average molecular weight is 491 g/mol. The first kappa shape index (κ1) is 22.7. The molecule has 0 saturated heterocycles. The Bertz CT molecular complexity index is 1710. The Morgan fingerprint density at radius 3 is 2.66 bits per heavy atom. The Labute approximate surface area is 202 Å². The van der Waals surface area contributed by atoms with E-state index in [0.29, 0.717) is 21.6 Å². The molecule has 0 aliphatic carbocycles. The molecular weight excluding hydrogens is 471 g/mol. The first-order valence-electron chi connectivity index (χ1n) is 10.6. The van der Waals surface area contributed by atoms with Crippen LogP contribution in [0.5, 0.6) is 11.5 Å². The van der Waals surface area contributed by atoms with Gasteiger partial charge in [0.15, 0.2) is 11.3 Å². The predicted molar refractivity (Wildman–Crippen MR) is 131 cm³/mol. The number of hydrogen-bond donors (Lipinski definition) is 1. The lowest BCUT2D eigenvalue weighted by Crippen LogP contribution is -2.23. The van der Waals surface area contributed by atoms with Crippen molar-refractivity contribution in [2.45, 2.75) is 23.3 Å².